The Morgan fingerprint density at radius 3 is 2.67 bits per heavy atom. The van der Waals surface area contributed by atoms with Gasteiger partial charge in [-0.1, -0.05) is 49.4 Å². The second kappa shape index (κ2) is 8.78. The number of hydrogen-bond acceptors (Lipinski definition) is 6. The lowest BCUT2D eigenvalue weighted by Gasteiger charge is -2.29. The van der Waals surface area contributed by atoms with Crippen LogP contribution in [0.2, 0.25) is 0 Å². The molecule has 1 saturated heterocycles. The van der Waals surface area contributed by atoms with Gasteiger partial charge in [0.2, 0.25) is 10.3 Å². The Balaban J connectivity index is 1.66. The molecule has 1 aliphatic heterocycles. The van der Waals surface area contributed by atoms with Crippen LogP contribution in [-0.2, 0) is 11.2 Å². The third-order valence-electron chi connectivity index (χ3n) is 4.75. The zero-order valence-corrected chi connectivity index (χ0v) is 16.4. The van der Waals surface area contributed by atoms with Gasteiger partial charge in [-0.25, -0.2) is 0 Å². The molecule has 6 nitrogen and oxygen atoms in total. The van der Waals surface area contributed by atoms with Gasteiger partial charge in [-0.15, -0.1) is 10.2 Å². The van der Waals surface area contributed by atoms with Gasteiger partial charge >= 0.3 is 0 Å². The summed E-state index contributed by atoms with van der Waals surface area (Å²) in [5.74, 6) is 0.273. The van der Waals surface area contributed by atoms with E-state index < -0.39 is 5.91 Å². The number of aromatic nitrogens is 2. The molecule has 0 atom stereocenters. The largest absolute Gasteiger partial charge is 0.347 e. The summed E-state index contributed by atoms with van der Waals surface area (Å²) in [5.41, 5.74) is 2.07. The number of carbonyl (C=O) groups is 1. The Bertz CT molecular complexity index is 857. The van der Waals surface area contributed by atoms with E-state index in [0.717, 1.165) is 49.0 Å². The van der Waals surface area contributed by atoms with Gasteiger partial charge in [0.05, 0.1) is 0 Å². The molecule has 0 spiro atoms. The Morgan fingerprint density at radius 1 is 1.33 bits per heavy atom. The molecule has 1 aromatic heterocycles. The zero-order valence-electron chi connectivity index (χ0n) is 15.6. The van der Waals surface area contributed by atoms with Gasteiger partial charge in [0, 0.05) is 13.1 Å². The normalized spacial score (nSPS) is 15.4. The number of anilines is 2. The molecular weight excluding hydrogens is 358 g/mol. The third kappa shape index (κ3) is 4.92. The lowest BCUT2D eigenvalue weighted by molar-refractivity contribution is -0.112. The van der Waals surface area contributed by atoms with Crippen LogP contribution in [0.1, 0.15) is 37.8 Å². The highest BCUT2D eigenvalue weighted by Gasteiger charge is 2.20. The van der Waals surface area contributed by atoms with Crippen LogP contribution in [-0.4, -0.2) is 29.2 Å². The van der Waals surface area contributed by atoms with Gasteiger partial charge in [-0.05, 0) is 42.4 Å². The summed E-state index contributed by atoms with van der Waals surface area (Å²) in [6, 6.07) is 9.77. The molecule has 3 rings (SSSR count). The third-order valence-corrected chi connectivity index (χ3v) is 5.65. The fourth-order valence-corrected chi connectivity index (χ4v) is 3.71. The summed E-state index contributed by atoms with van der Waals surface area (Å²) in [7, 11) is 0. The van der Waals surface area contributed by atoms with Crippen LogP contribution in [0.15, 0.2) is 29.8 Å². The van der Waals surface area contributed by atoms with E-state index in [4.69, 9.17) is 0 Å². The SMILES string of the molecule is CCc1ccc(/C=C(/C#N)C(=O)Nc2nnc(N3CCC(C)CC3)s2)cc1. The van der Waals surface area contributed by atoms with Gasteiger partial charge in [0.15, 0.2) is 0 Å². The Labute approximate surface area is 163 Å². The number of rotatable bonds is 5. The van der Waals surface area contributed by atoms with E-state index in [1.54, 1.807) is 6.08 Å². The Morgan fingerprint density at radius 2 is 2.04 bits per heavy atom. The lowest BCUT2D eigenvalue weighted by atomic mass is 10.00. The molecule has 1 aromatic carbocycles. The predicted octanol–water partition coefficient (Wildman–Crippen LogP) is 3.88. The average molecular weight is 382 g/mol. The van der Waals surface area contributed by atoms with Crippen LogP contribution in [0.4, 0.5) is 10.3 Å². The summed E-state index contributed by atoms with van der Waals surface area (Å²) in [6.45, 7) is 6.26. The molecule has 1 N–H and O–H groups in total. The van der Waals surface area contributed by atoms with E-state index in [0.29, 0.717) is 5.13 Å². The first kappa shape index (κ1) is 19.1. The van der Waals surface area contributed by atoms with Crippen LogP contribution in [0.25, 0.3) is 6.08 Å². The van der Waals surface area contributed by atoms with Crippen molar-refractivity contribution >= 4 is 33.6 Å². The molecule has 1 aliphatic rings. The highest BCUT2D eigenvalue weighted by atomic mass is 32.1. The van der Waals surface area contributed by atoms with Crippen LogP contribution in [0.3, 0.4) is 0 Å². The summed E-state index contributed by atoms with van der Waals surface area (Å²) < 4.78 is 0. The molecule has 1 fully saturated rings. The van der Waals surface area contributed by atoms with Gasteiger partial charge < -0.3 is 4.90 Å². The molecule has 0 saturated carbocycles. The molecule has 27 heavy (non-hydrogen) atoms. The van der Waals surface area contributed by atoms with Gasteiger partial charge in [0.1, 0.15) is 11.6 Å². The molecule has 140 valence electrons. The second-order valence-corrected chi connectivity index (χ2v) is 7.73. The standard InChI is InChI=1S/C20H23N5OS/c1-3-15-4-6-16(7-5-15)12-17(13-21)18(26)22-19-23-24-20(27-19)25-10-8-14(2)9-11-25/h4-7,12,14H,3,8-11H2,1-2H3,(H,22,23,26)/b17-12-. The first-order valence-electron chi connectivity index (χ1n) is 9.19. The molecule has 2 heterocycles. The quantitative estimate of drug-likeness (QED) is 0.628. The van der Waals surface area contributed by atoms with Crippen molar-refractivity contribution in [1.82, 2.24) is 10.2 Å². The Kier molecular flexibility index (Phi) is 6.20. The van der Waals surface area contributed by atoms with Gasteiger partial charge in [-0.3, -0.25) is 10.1 Å². The summed E-state index contributed by atoms with van der Waals surface area (Å²) in [4.78, 5) is 14.6. The van der Waals surface area contributed by atoms with E-state index in [-0.39, 0.29) is 5.57 Å². The van der Waals surface area contributed by atoms with Crippen LogP contribution >= 0.6 is 11.3 Å². The van der Waals surface area contributed by atoms with Crippen molar-refractivity contribution in [2.75, 3.05) is 23.3 Å². The molecular formula is C20H23N5OS. The van der Waals surface area contributed by atoms with E-state index in [2.05, 4.69) is 34.3 Å². The van der Waals surface area contributed by atoms with Crippen molar-refractivity contribution in [3.8, 4) is 6.07 Å². The van der Waals surface area contributed by atoms with E-state index in [1.165, 1.54) is 16.9 Å². The molecule has 0 unspecified atom stereocenters. The first-order chi connectivity index (χ1) is 13.1. The number of carbonyl (C=O) groups excluding carboxylic acids is 1. The Hall–Kier alpha value is -2.72. The lowest BCUT2D eigenvalue weighted by Crippen LogP contribution is -2.32. The monoisotopic (exact) mass is 381 g/mol. The highest BCUT2D eigenvalue weighted by Crippen LogP contribution is 2.28. The smallest absolute Gasteiger partial charge is 0.268 e. The van der Waals surface area contributed by atoms with Crippen LogP contribution < -0.4 is 10.2 Å². The van der Waals surface area contributed by atoms with Gasteiger partial charge in [0.25, 0.3) is 5.91 Å². The number of amides is 1. The predicted molar refractivity (Wildman–Crippen MR) is 109 cm³/mol. The van der Waals surface area contributed by atoms with Crippen LogP contribution in [0.5, 0.6) is 0 Å². The highest BCUT2D eigenvalue weighted by molar-refractivity contribution is 7.19. The topological polar surface area (TPSA) is 81.9 Å². The molecule has 7 heteroatoms. The maximum atomic E-state index is 12.4. The zero-order chi connectivity index (χ0) is 19.2. The fraction of sp³-hybridized carbons (Fsp3) is 0.400. The summed E-state index contributed by atoms with van der Waals surface area (Å²) in [6.07, 6.45) is 4.81. The molecule has 2 aromatic rings. The second-order valence-electron chi connectivity index (χ2n) is 6.78. The minimum absolute atomic E-state index is 0.0443. The van der Waals surface area contributed by atoms with Crippen molar-refractivity contribution in [3.05, 3.63) is 41.0 Å². The van der Waals surface area contributed by atoms with Crippen molar-refractivity contribution in [2.24, 2.45) is 5.92 Å². The molecule has 0 aliphatic carbocycles. The van der Waals surface area contributed by atoms with Crippen molar-refractivity contribution in [3.63, 3.8) is 0 Å². The number of nitrogens with zero attached hydrogens (tertiary/aromatic N) is 4. The van der Waals surface area contributed by atoms with Crippen molar-refractivity contribution < 1.29 is 4.79 Å². The van der Waals surface area contributed by atoms with Crippen LogP contribution in [0, 0.1) is 17.2 Å². The van der Waals surface area contributed by atoms with Crippen molar-refractivity contribution in [1.29, 1.82) is 5.26 Å². The number of nitriles is 1. The minimum Gasteiger partial charge on any atom is -0.347 e. The van der Waals surface area contributed by atoms with Crippen molar-refractivity contribution in [2.45, 2.75) is 33.1 Å². The number of nitrogens with one attached hydrogen (secondary N) is 1. The summed E-state index contributed by atoms with van der Waals surface area (Å²) in [5, 5.41) is 21.5. The maximum absolute atomic E-state index is 12.4. The average Bonchev–Trinajstić information content (AvgIpc) is 3.15. The number of aryl methyl sites for hydroxylation is 1. The number of hydrogen-bond donors (Lipinski definition) is 1. The summed E-state index contributed by atoms with van der Waals surface area (Å²) >= 11 is 1.34. The number of benzene rings is 1. The van der Waals surface area contributed by atoms with Gasteiger partial charge in [-0.2, -0.15) is 5.26 Å². The minimum atomic E-state index is -0.466. The van der Waals surface area contributed by atoms with E-state index in [9.17, 15) is 10.1 Å². The first-order valence-corrected chi connectivity index (χ1v) is 10.0. The number of piperidine rings is 1. The maximum Gasteiger partial charge on any atom is 0.268 e. The van der Waals surface area contributed by atoms with E-state index in [1.807, 2.05) is 30.3 Å². The molecule has 0 radical (unpaired) electrons. The molecule has 0 bridgehead atoms. The molecule has 1 amide bonds. The van der Waals surface area contributed by atoms with E-state index >= 15 is 0 Å². The fourth-order valence-electron chi connectivity index (χ4n) is 2.92.